The Balaban J connectivity index is 3.16. The number of alkyl carbamates (subject to hydrolysis) is 1. The lowest BCUT2D eigenvalue weighted by Gasteiger charge is -2.32. The average molecular weight is 436 g/mol. The van der Waals surface area contributed by atoms with E-state index >= 15 is 0 Å². The average Bonchev–Trinajstić information content (AvgIpc) is 2.65. The highest BCUT2D eigenvalue weighted by molar-refractivity contribution is 5.92. The van der Waals surface area contributed by atoms with Crippen LogP contribution >= 0.6 is 0 Å². The molecule has 1 rings (SSSR count). The van der Waals surface area contributed by atoms with Crippen LogP contribution in [0, 0.1) is 6.92 Å². The monoisotopic (exact) mass is 435 g/mol. The molecule has 1 aromatic carbocycles. The molecule has 174 valence electrons. The molecule has 3 amide bonds. The van der Waals surface area contributed by atoms with Crippen molar-refractivity contribution >= 4 is 17.9 Å². The van der Waals surface area contributed by atoms with Gasteiger partial charge in [-0.2, -0.15) is 0 Å². The van der Waals surface area contributed by atoms with Crippen molar-refractivity contribution in [2.75, 3.05) is 13.7 Å². The Morgan fingerprint density at radius 2 is 1.77 bits per heavy atom. The van der Waals surface area contributed by atoms with Gasteiger partial charge in [-0.1, -0.05) is 37.6 Å². The summed E-state index contributed by atoms with van der Waals surface area (Å²) in [6.07, 6.45) is 0.905. The highest BCUT2D eigenvalue weighted by Gasteiger charge is 2.34. The first kappa shape index (κ1) is 26.4. The Morgan fingerprint density at radius 3 is 2.29 bits per heavy atom. The zero-order chi connectivity index (χ0) is 23.8. The Kier molecular flexibility index (Phi) is 9.97. The molecule has 0 aliphatic rings. The van der Waals surface area contributed by atoms with E-state index in [0.29, 0.717) is 5.56 Å². The maximum Gasteiger partial charge on any atom is 0.408 e. The number of aliphatic hydroxyl groups excluding tert-OH is 1. The first-order valence-electron chi connectivity index (χ1n) is 10.6. The summed E-state index contributed by atoms with van der Waals surface area (Å²) in [5.41, 5.74) is 0.775. The summed E-state index contributed by atoms with van der Waals surface area (Å²) in [6.45, 7) is 10.3. The van der Waals surface area contributed by atoms with E-state index in [4.69, 9.17) is 4.74 Å². The predicted molar refractivity (Wildman–Crippen MR) is 119 cm³/mol. The maximum absolute atomic E-state index is 13.2. The third-order valence-electron chi connectivity index (χ3n) is 4.75. The van der Waals surface area contributed by atoms with Gasteiger partial charge in [-0.25, -0.2) is 4.79 Å². The lowest BCUT2D eigenvalue weighted by Crippen LogP contribution is -2.53. The molecule has 8 heteroatoms. The molecule has 0 saturated carbocycles. The minimum Gasteiger partial charge on any atom is -0.444 e. The fraction of sp³-hybridized carbons (Fsp3) is 0.609. The second-order valence-electron chi connectivity index (χ2n) is 8.79. The van der Waals surface area contributed by atoms with Gasteiger partial charge < -0.3 is 25.4 Å². The summed E-state index contributed by atoms with van der Waals surface area (Å²) in [7, 11) is 1.49. The van der Waals surface area contributed by atoms with Crippen molar-refractivity contribution in [3.8, 4) is 0 Å². The van der Waals surface area contributed by atoms with Gasteiger partial charge in [0.15, 0.2) is 0 Å². The summed E-state index contributed by atoms with van der Waals surface area (Å²) in [6, 6.07) is 5.11. The Labute approximate surface area is 185 Å². The van der Waals surface area contributed by atoms with Crippen molar-refractivity contribution in [2.24, 2.45) is 0 Å². The molecule has 0 fully saturated rings. The molecule has 0 radical (unpaired) electrons. The fourth-order valence-corrected chi connectivity index (χ4v) is 3.25. The highest BCUT2D eigenvalue weighted by Crippen LogP contribution is 2.24. The summed E-state index contributed by atoms with van der Waals surface area (Å²) in [5, 5.41) is 15.1. The number of hydrogen-bond donors (Lipinski definition) is 3. The quantitative estimate of drug-likeness (QED) is 0.553. The van der Waals surface area contributed by atoms with Gasteiger partial charge >= 0.3 is 6.09 Å². The first-order chi connectivity index (χ1) is 14.4. The van der Waals surface area contributed by atoms with E-state index in [1.807, 2.05) is 32.9 Å². The number of ether oxygens (including phenoxy) is 1. The molecule has 0 aromatic heterocycles. The molecule has 31 heavy (non-hydrogen) atoms. The number of aliphatic hydroxyl groups is 1. The maximum atomic E-state index is 13.2. The topological polar surface area (TPSA) is 108 Å². The molecule has 1 aromatic rings. The summed E-state index contributed by atoms with van der Waals surface area (Å²) < 4.78 is 5.18. The van der Waals surface area contributed by atoms with Gasteiger partial charge in [-0.05, 0) is 52.2 Å². The molecule has 0 bridgehead atoms. The lowest BCUT2D eigenvalue weighted by atomic mass is 9.98. The van der Waals surface area contributed by atoms with E-state index < -0.39 is 36.3 Å². The van der Waals surface area contributed by atoms with Gasteiger partial charge in [-0.3, -0.25) is 9.59 Å². The Hall–Kier alpha value is -2.61. The van der Waals surface area contributed by atoms with Gasteiger partial charge in [0, 0.05) is 13.1 Å². The normalized spacial score (nSPS) is 14.2. The molecule has 0 saturated heterocycles. The van der Waals surface area contributed by atoms with Gasteiger partial charge in [0.05, 0.1) is 6.61 Å². The van der Waals surface area contributed by atoms with Crippen molar-refractivity contribution in [1.29, 1.82) is 0 Å². The van der Waals surface area contributed by atoms with E-state index in [2.05, 4.69) is 10.6 Å². The predicted octanol–water partition coefficient (Wildman–Crippen LogP) is 2.68. The molecule has 0 heterocycles. The molecule has 8 nitrogen and oxygen atoms in total. The van der Waals surface area contributed by atoms with Crippen molar-refractivity contribution in [2.45, 2.75) is 78.1 Å². The van der Waals surface area contributed by atoms with Gasteiger partial charge in [0.2, 0.25) is 11.8 Å². The summed E-state index contributed by atoms with van der Waals surface area (Å²) in [5.74, 6) is -0.917. The van der Waals surface area contributed by atoms with Crippen molar-refractivity contribution in [3.63, 3.8) is 0 Å². The van der Waals surface area contributed by atoms with Crippen molar-refractivity contribution in [3.05, 3.63) is 35.4 Å². The SMILES string of the molecule is CCCC(C)NC(=O)C(c1ccccc1C)N(C)C(=O)C(CO)NC(=O)OC(C)(C)C. The van der Waals surface area contributed by atoms with Crippen molar-refractivity contribution < 1.29 is 24.2 Å². The van der Waals surface area contributed by atoms with Crippen LogP contribution in [0.2, 0.25) is 0 Å². The van der Waals surface area contributed by atoms with Crippen LogP contribution in [0.4, 0.5) is 4.79 Å². The van der Waals surface area contributed by atoms with Gasteiger partial charge in [-0.15, -0.1) is 0 Å². The number of hydrogen-bond acceptors (Lipinski definition) is 5. The standard InChI is InChI=1S/C23H37N3O5/c1-8-11-16(3)24-20(28)19(17-13-10-9-12-15(17)2)26(7)21(29)18(14-27)25-22(30)31-23(4,5)6/h9-10,12-13,16,18-19,27H,8,11,14H2,1-7H3,(H,24,28)(H,25,30). The minimum atomic E-state index is -1.24. The second-order valence-corrected chi connectivity index (χ2v) is 8.79. The largest absolute Gasteiger partial charge is 0.444 e. The summed E-state index contributed by atoms with van der Waals surface area (Å²) >= 11 is 0. The highest BCUT2D eigenvalue weighted by atomic mass is 16.6. The van der Waals surface area contributed by atoms with E-state index in [1.54, 1.807) is 32.9 Å². The number of carbonyl (C=O) groups is 3. The zero-order valence-electron chi connectivity index (χ0n) is 19.7. The van der Waals surface area contributed by atoms with Crippen LogP contribution in [0.25, 0.3) is 0 Å². The van der Waals surface area contributed by atoms with E-state index in [0.717, 1.165) is 18.4 Å². The fourth-order valence-electron chi connectivity index (χ4n) is 3.25. The number of likely N-dealkylation sites (N-methyl/N-ethyl adjacent to an activating group) is 1. The molecular weight excluding hydrogens is 398 g/mol. The molecule has 3 N–H and O–H groups in total. The number of aryl methyl sites for hydroxylation is 1. The number of carbonyl (C=O) groups excluding carboxylic acids is 3. The Bertz CT molecular complexity index is 760. The van der Waals surface area contributed by atoms with E-state index in [9.17, 15) is 19.5 Å². The molecule has 0 spiro atoms. The third-order valence-corrected chi connectivity index (χ3v) is 4.75. The number of amides is 3. The van der Waals surface area contributed by atoms with Crippen LogP contribution in [-0.2, 0) is 14.3 Å². The van der Waals surface area contributed by atoms with E-state index in [1.165, 1.54) is 11.9 Å². The number of rotatable bonds is 9. The minimum absolute atomic E-state index is 0.0546. The van der Waals surface area contributed by atoms with Gasteiger partial charge in [0.1, 0.15) is 17.7 Å². The third kappa shape index (κ3) is 8.20. The van der Waals surface area contributed by atoms with Crippen LogP contribution in [0.1, 0.15) is 64.6 Å². The van der Waals surface area contributed by atoms with Crippen LogP contribution < -0.4 is 10.6 Å². The van der Waals surface area contributed by atoms with Crippen LogP contribution in [0.3, 0.4) is 0 Å². The van der Waals surface area contributed by atoms with Crippen molar-refractivity contribution in [1.82, 2.24) is 15.5 Å². The molecule has 0 aliphatic heterocycles. The van der Waals surface area contributed by atoms with E-state index in [-0.39, 0.29) is 11.9 Å². The van der Waals surface area contributed by atoms with Crippen LogP contribution in [0.15, 0.2) is 24.3 Å². The lowest BCUT2D eigenvalue weighted by molar-refractivity contribution is -0.141. The second kappa shape index (κ2) is 11.7. The molecule has 3 atom stereocenters. The van der Waals surface area contributed by atoms with Crippen LogP contribution in [-0.4, -0.2) is 59.3 Å². The number of nitrogens with zero attached hydrogens (tertiary/aromatic N) is 1. The number of benzene rings is 1. The zero-order valence-corrected chi connectivity index (χ0v) is 19.7. The summed E-state index contributed by atoms with van der Waals surface area (Å²) in [4.78, 5) is 39.7. The molecule has 0 aliphatic carbocycles. The van der Waals surface area contributed by atoms with Gasteiger partial charge in [0.25, 0.3) is 0 Å². The smallest absolute Gasteiger partial charge is 0.408 e. The Morgan fingerprint density at radius 1 is 1.16 bits per heavy atom. The first-order valence-corrected chi connectivity index (χ1v) is 10.6. The molecule has 3 unspecified atom stereocenters. The molecular formula is C23H37N3O5. The van der Waals surface area contributed by atoms with Crippen LogP contribution in [0.5, 0.6) is 0 Å². The number of nitrogens with one attached hydrogen (secondary N) is 2.